The van der Waals surface area contributed by atoms with Gasteiger partial charge in [-0.3, -0.25) is 4.79 Å². The molecule has 4 heteroatoms. The monoisotopic (exact) mass is 302 g/mol. The minimum Gasteiger partial charge on any atom is -0.490 e. The molecule has 0 radical (unpaired) electrons. The Balaban J connectivity index is 1.98. The van der Waals surface area contributed by atoms with E-state index in [1.165, 1.54) is 0 Å². The maximum Gasteiger partial charge on any atom is 0.193 e. The molecule has 2 aromatic rings. The second-order valence-corrected chi connectivity index (χ2v) is 5.36. The summed E-state index contributed by atoms with van der Waals surface area (Å²) < 4.78 is 11.2. The molecule has 2 aromatic carbocycles. The van der Waals surface area contributed by atoms with Gasteiger partial charge in [0.1, 0.15) is 0 Å². The summed E-state index contributed by atoms with van der Waals surface area (Å²) in [4.78, 5) is 12.6. The zero-order valence-electron chi connectivity index (χ0n) is 11.7. The number of ketones is 1. The van der Waals surface area contributed by atoms with Gasteiger partial charge in [-0.15, -0.1) is 0 Å². The molecule has 1 heterocycles. The quantitative estimate of drug-likeness (QED) is 0.785. The summed E-state index contributed by atoms with van der Waals surface area (Å²) in [6.07, 6.45) is 0.839. The lowest BCUT2D eigenvalue weighted by Crippen LogP contribution is -2.04. The molecule has 3 nitrogen and oxygen atoms in total. The van der Waals surface area contributed by atoms with Crippen LogP contribution in [0.2, 0.25) is 5.02 Å². The Bertz CT molecular complexity index is 694. The average molecular weight is 303 g/mol. The topological polar surface area (TPSA) is 35.5 Å². The van der Waals surface area contributed by atoms with E-state index in [-0.39, 0.29) is 5.78 Å². The van der Waals surface area contributed by atoms with Gasteiger partial charge in [-0.25, -0.2) is 0 Å². The van der Waals surface area contributed by atoms with Gasteiger partial charge in [-0.05, 0) is 36.8 Å². The van der Waals surface area contributed by atoms with E-state index >= 15 is 0 Å². The lowest BCUT2D eigenvalue weighted by molar-refractivity contribution is 0.103. The number of carbonyl (C=O) groups is 1. The summed E-state index contributed by atoms with van der Waals surface area (Å²) in [5.74, 6) is 1.25. The number of ether oxygens (including phenoxy) is 2. The summed E-state index contributed by atoms with van der Waals surface area (Å²) in [6.45, 7) is 3.08. The molecule has 0 unspecified atom stereocenters. The van der Waals surface area contributed by atoms with E-state index in [0.29, 0.717) is 40.9 Å². The van der Waals surface area contributed by atoms with Gasteiger partial charge in [0, 0.05) is 22.6 Å². The highest BCUT2D eigenvalue weighted by Gasteiger charge is 2.17. The van der Waals surface area contributed by atoms with Gasteiger partial charge >= 0.3 is 0 Å². The summed E-state index contributed by atoms with van der Waals surface area (Å²) in [7, 11) is 0. The van der Waals surface area contributed by atoms with Crippen molar-refractivity contribution in [3.63, 3.8) is 0 Å². The van der Waals surface area contributed by atoms with Gasteiger partial charge in [0.05, 0.1) is 13.2 Å². The number of carbonyl (C=O) groups excluding carboxylic acids is 1. The predicted octanol–water partition coefficient (Wildman–Crippen LogP) is 4.04. The van der Waals surface area contributed by atoms with E-state index in [0.717, 1.165) is 12.0 Å². The maximum absolute atomic E-state index is 12.6. The van der Waals surface area contributed by atoms with Crippen LogP contribution in [-0.4, -0.2) is 19.0 Å². The minimum absolute atomic E-state index is 0.0642. The normalized spacial score (nSPS) is 13.6. The zero-order chi connectivity index (χ0) is 14.8. The fourth-order valence-corrected chi connectivity index (χ4v) is 2.49. The Morgan fingerprint density at radius 3 is 2.67 bits per heavy atom. The molecule has 108 valence electrons. The highest BCUT2D eigenvalue weighted by molar-refractivity contribution is 6.32. The molecule has 0 spiro atoms. The molecular weight excluding hydrogens is 288 g/mol. The highest BCUT2D eigenvalue weighted by Crippen LogP contribution is 2.31. The van der Waals surface area contributed by atoms with E-state index in [1.807, 2.05) is 6.92 Å². The van der Waals surface area contributed by atoms with Gasteiger partial charge in [0.25, 0.3) is 0 Å². The number of rotatable bonds is 2. The van der Waals surface area contributed by atoms with Crippen molar-refractivity contribution in [3.8, 4) is 11.5 Å². The van der Waals surface area contributed by atoms with Crippen LogP contribution in [0.5, 0.6) is 11.5 Å². The number of hydrogen-bond donors (Lipinski definition) is 0. The molecule has 3 rings (SSSR count). The summed E-state index contributed by atoms with van der Waals surface area (Å²) in [6, 6.07) is 10.6. The lowest BCUT2D eigenvalue weighted by Gasteiger charge is -2.10. The van der Waals surface area contributed by atoms with E-state index in [9.17, 15) is 4.79 Å². The maximum atomic E-state index is 12.6. The molecule has 0 aromatic heterocycles. The largest absolute Gasteiger partial charge is 0.490 e. The Morgan fingerprint density at radius 2 is 1.86 bits per heavy atom. The van der Waals surface area contributed by atoms with Crippen molar-refractivity contribution in [2.24, 2.45) is 0 Å². The van der Waals surface area contributed by atoms with Gasteiger partial charge < -0.3 is 9.47 Å². The molecule has 0 amide bonds. The molecule has 0 bridgehead atoms. The molecule has 0 fully saturated rings. The fraction of sp³-hybridized carbons (Fsp3) is 0.235. The molecular formula is C17H15ClO3. The minimum atomic E-state index is -0.0642. The van der Waals surface area contributed by atoms with Crippen LogP contribution in [0, 0.1) is 6.92 Å². The van der Waals surface area contributed by atoms with Crippen LogP contribution in [0.4, 0.5) is 0 Å². The molecule has 0 saturated heterocycles. The predicted molar refractivity (Wildman–Crippen MR) is 81.7 cm³/mol. The number of fused-ring (bicyclic) bond motifs is 1. The molecule has 1 aliphatic rings. The van der Waals surface area contributed by atoms with Crippen molar-refractivity contribution in [2.75, 3.05) is 13.2 Å². The van der Waals surface area contributed by atoms with Crippen LogP contribution in [0.1, 0.15) is 27.9 Å². The lowest BCUT2D eigenvalue weighted by atomic mass is 9.99. The van der Waals surface area contributed by atoms with Gasteiger partial charge in [-0.2, -0.15) is 0 Å². The van der Waals surface area contributed by atoms with E-state index < -0.39 is 0 Å². The van der Waals surface area contributed by atoms with Crippen LogP contribution < -0.4 is 9.47 Å². The standard InChI is InChI=1S/C17H15ClO3/c1-11-13(4-2-5-14(11)18)17(19)12-6-7-15-16(10-12)21-9-3-8-20-15/h2,4-7,10H,3,8-9H2,1H3. The van der Waals surface area contributed by atoms with Crippen molar-refractivity contribution in [1.82, 2.24) is 0 Å². The Hall–Kier alpha value is -2.00. The smallest absolute Gasteiger partial charge is 0.193 e. The third-order valence-electron chi connectivity index (χ3n) is 3.52. The van der Waals surface area contributed by atoms with Crippen molar-refractivity contribution in [2.45, 2.75) is 13.3 Å². The second kappa shape index (κ2) is 5.78. The van der Waals surface area contributed by atoms with Crippen LogP contribution in [0.15, 0.2) is 36.4 Å². The summed E-state index contributed by atoms with van der Waals surface area (Å²) in [5.41, 5.74) is 1.97. The third kappa shape index (κ3) is 2.74. The first-order chi connectivity index (χ1) is 10.2. The Morgan fingerprint density at radius 1 is 1.10 bits per heavy atom. The van der Waals surface area contributed by atoms with Crippen LogP contribution in [0.25, 0.3) is 0 Å². The van der Waals surface area contributed by atoms with E-state index in [4.69, 9.17) is 21.1 Å². The van der Waals surface area contributed by atoms with Crippen molar-refractivity contribution in [1.29, 1.82) is 0 Å². The van der Waals surface area contributed by atoms with Crippen molar-refractivity contribution >= 4 is 17.4 Å². The molecule has 0 saturated carbocycles. The first-order valence-corrected chi connectivity index (χ1v) is 7.24. The zero-order valence-corrected chi connectivity index (χ0v) is 12.4. The highest BCUT2D eigenvalue weighted by atomic mass is 35.5. The van der Waals surface area contributed by atoms with Gasteiger partial charge in [0.2, 0.25) is 0 Å². The van der Waals surface area contributed by atoms with Crippen molar-refractivity contribution in [3.05, 3.63) is 58.1 Å². The van der Waals surface area contributed by atoms with Gasteiger partial charge in [-0.1, -0.05) is 23.7 Å². The first-order valence-electron chi connectivity index (χ1n) is 6.86. The number of hydrogen-bond acceptors (Lipinski definition) is 3. The fourth-order valence-electron chi connectivity index (χ4n) is 2.31. The number of halogens is 1. The average Bonchev–Trinajstić information content (AvgIpc) is 2.74. The van der Waals surface area contributed by atoms with Crippen LogP contribution in [0.3, 0.4) is 0 Å². The summed E-state index contributed by atoms with van der Waals surface area (Å²) >= 11 is 6.09. The summed E-state index contributed by atoms with van der Waals surface area (Å²) in [5, 5.41) is 0.593. The number of benzene rings is 2. The molecule has 0 atom stereocenters. The molecule has 0 N–H and O–H groups in total. The second-order valence-electron chi connectivity index (χ2n) is 4.95. The Kier molecular flexibility index (Phi) is 3.84. The third-order valence-corrected chi connectivity index (χ3v) is 3.93. The first kappa shape index (κ1) is 14.0. The van der Waals surface area contributed by atoms with Crippen LogP contribution >= 0.6 is 11.6 Å². The molecule has 0 aliphatic carbocycles. The van der Waals surface area contributed by atoms with Crippen molar-refractivity contribution < 1.29 is 14.3 Å². The van der Waals surface area contributed by atoms with Crippen LogP contribution in [-0.2, 0) is 0 Å². The van der Waals surface area contributed by atoms with Gasteiger partial charge in [0.15, 0.2) is 17.3 Å². The SMILES string of the molecule is Cc1c(Cl)cccc1C(=O)c1ccc2c(c1)OCCCO2. The molecule has 21 heavy (non-hydrogen) atoms. The molecule has 1 aliphatic heterocycles. The van der Waals surface area contributed by atoms with E-state index in [1.54, 1.807) is 36.4 Å². The Labute approximate surface area is 128 Å². The van der Waals surface area contributed by atoms with E-state index in [2.05, 4.69) is 0 Å².